The van der Waals surface area contributed by atoms with Crippen molar-refractivity contribution in [1.82, 2.24) is 14.9 Å². The van der Waals surface area contributed by atoms with Crippen LogP contribution in [0.25, 0.3) is 11.1 Å². The number of esters is 1. The summed E-state index contributed by atoms with van der Waals surface area (Å²) in [6.07, 6.45) is 6.59. The summed E-state index contributed by atoms with van der Waals surface area (Å²) < 4.78 is 5.30. The smallest absolute Gasteiger partial charge is 0.338 e. The Hall–Kier alpha value is -4.05. The van der Waals surface area contributed by atoms with Crippen LogP contribution in [0.15, 0.2) is 48.7 Å². The van der Waals surface area contributed by atoms with Crippen LogP contribution in [0.4, 0.5) is 17.5 Å². The van der Waals surface area contributed by atoms with Gasteiger partial charge in [-0.05, 0) is 99.3 Å². The molecule has 1 saturated carbocycles. The van der Waals surface area contributed by atoms with Crippen molar-refractivity contribution in [1.29, 1.82) is 0 Å². The molecule has 0 unspecified atom stereocenters. The molecule has 42 heavy (non-hydrogen) atoms. The maximum atomic E-state index is 12.4. The number of nitrogens with one attached hydrogen (secondary N) is 2. The van der Waals surface area contributed by atoms with E-state index >= 15 is 0 Å². The number of anilines is 2. The Morgan fingerprint density at radius 2 is 1.83 bits per heavy atom. The third-order valence-corrected chi connectivity index (χ3v) is 7.84. The Labute approximate surface area is 248 Å². The summed E-state index contributed by atoms with van der Waals surface area (Å²) in [5.41, 5.74) is 4.40. The molecule has 0 saturated heterocycles. The van der Waals surface area contributed by atoms with E-state index < -0.39 is 4.92 Å². The first kappa shape index (κ1) is 30.9. The molecule has 1 aliphatic carbocycles. The van der Waals surface area contributed by atoms with Crippen molar-refractivity contribution in [2.45, 2.75) is 52.5 Å². The highest BCUT2D eigenvalue weighted by atomic mass is 16.6. The Kier molecular flexibility index (Phi) is 10.8. The largest absolute Gasteiger partial charge is 0.462 e. The van der Waals surface area contributed by atoms with Gasteiger partial charge in [0, 0.05) is 19.6 Å². The Bertz CT molecular complexity index is 1370. The quantitative estimate of drug-likeness (QED) is 0.137. The molecule has 0 atom stereocenters. The fourth-order valence-electron chi connectivity index (χ4n) is 5.55. The summed E-state index contributed by atoms with van der Waals surface area (Å²) in [6, 6.07) is 13.5. The van der Waals surface area contributed by atoms with Gasteiger partial charge in [0.2, 0.25) is 11.8 Å². The average molecular weight is 575 g/mol. The number of nitro groups is 1. The van der Waals surface area contributed by atoms with Crippen LogP contribution in [-0.2, 0) is 11.3 Å². The highest BCUT2D eigenvalue weighted by Crippen LogP contribution is 2.31. The summed E-state index contributed by atoms with van der Waals surface area (Å²) in [5.74, 6) is 1.42. The highest BCUT2D eigenvalue weighted by Gasteiger charge is 2.23. The summed E-state index contributed by atoms with van der Waals surface area (Å²) in [6.45, 7) is 6.58. The van der Waals surface area contributed by atoms with Gasteiger partial charge in [-0.2, -0.15) is 4.98 Å². The topological polar surface area (TPSA) is 123 Å². The summed E-state index contributed by atoms with van der Waals surface area (Å²) in [5, 5.41) is 18.2. The van der Waals surface area contributed by atoms with Crippen LogP contribution in [0, 0.1) is 28.9 Å². The molecule has 3 aromatic rings. The highest BCUT2D eigenvalue weighted by molar-refractivity contribution is 5.91. The number of rotatable bonds is 13. The van der Waals surface area contributed by atoms with Crippen molar-refractivity contribution >= 4 is 23.4 Å². The molecular weight excluding hydrogens is 532 g/mol. The monoisotopic (exact) mass is 574 g/mol. The maximum absolute atomic E-state index is 12.4. The minimum absolute atomic E-state index is 0.127. The van der Waals surface area contributed by atoms with E-state index in [4.69, 9.17) is 4.74 Å². The van der Waals surface area contributed by atoms with Gasteiger partial charge in [0.25, 0.3) is 0 Å². The fourth-order valence-corrected chi connectivity index (χ4v) is 5.55. The number of hydrogen-bond donors (Lipinski definition) is 2. The molecule has 0 bridgehead atoms. The predicted molar refractivity (Wildman–Crippen MR) is 166 cm³/mol. The van der Waals surface area contributed by atoms with Gasteiger partial charge in [0.1, 0.15) is 6.20 Å². The number of ether oxygens (including phenoxy) is 1. The summed E-state index contributed by atoms with van der Waals surface area (Å²) in [7, 11) is 4.22. The molecule has 1 aromatic heterocycles. The van der Waals surface area contributed by atoms with Crippen molar-refractivity contribution in [3.63, 3.8) is 0 Å². The Morgan fingerprint density at radius 3 is 2.55 bits per heavy atom. The lowest BCUT2D eigenvalue weighted by molar-refractivity contribution is -0.384. The molecule has 0 aliphatic heterocycles. The molecule has 2 N–H and O–H groups in total. The zero-order valence-corrected chi connectivity index (χ0v) is 25.1. The Morgan fingerprint density at radius 1 is 1.10 bits per heavy atom. The second-order valence-corrected chi connectivity index (χ2v) is 11.4. The van der Waals surface area contributed by atoms with Crippen LogP contribution in [0.2, 0.25) is 0 Å². The number of benzene rings is 2. The zero-order chi connectivity index (χ0) is 30.1. The normalized spacial score (nSPS) is 16.7. The van der Waals surface area contributed by atoms with Crippen LogP contribution in [0.3, 0.4) is 0 Å². The second-order valence-electron chi connectivity index (χ2n) is 11.4. The van der Waals surface area contributed by atoms with E-state index in [0.717, 1.165) is 48.1 Å². The third-order valence-electron chi connectivity index (χ3n) is 7.84. The van der Waals surface area contributed by atoms with Crippen molar-refractivity contribution in [3.05, 3.63) is 75.5 Å². The maximum Gasteiger partial charge on any atom is 0.338 e. The molecule has 1 heterocycles. The first-order valence-electron chi connectivity index (χ1n) is 14.7. The van der Waals surface area contributed by atoms with Crippen molar-refractivity contribution in [3.8, 4) is 11.1 Å². The molecule has 10 heteroatoms. The van der Waals surface area contributed by atoms with E-state index in [-0.39, 0.29) is 17.5 Å². The number of nitrogens with zero attached hydrogens (tertiary/aromatic N) is 4. The van der Waals surface area contributed by atoms with Crippen LogP contribution in [-0.4, -0.2) is 59.6 Å². The molecular formula is C32H42N6O4. The van der Waals surface area contributed by atoms with Crippen molar-refractivity contribution in [2.24, 2.45) is 11.8 Å². The molecule has 10 nitrogen and oxygen atoms in total. The zero-order valence-electron chi connectivity index (χ0n) is 25.1. The Balaban J connectivity index is 1.42. The lowest BCUT2D eigenvalue weighted by Gasteiger charge is -2.30. The molecule has 1 aliphatic rings. The van der Waals surface area contributed by atoms with Gasteiger partial charge >= 0.3 is 11.7 Å². The van der Waals surface area contributed by atoms with Gasteiger partial charge in [0.15, 0.2) is 0 Å². The number of carbonyl (C=O) groups excluding carboxylic acids is 1. The van der Waals surface area contributed by atoms with E-state index in [2.05, 4.69) is 39.6 Å². The standard InChI is InChI=1S/C32H42N6O4/c1-5-16-42-31(39)26-9-6-8-25(17-26)28-11-7-10-27(22(28)2)19-34-32-35-20-29(38(40)41)30(36-32)33-18-23-12-14-24(15-13-23)21-37(3)4/h6-11,17,20,23-24H,5,12-16,18-19,21H2,1-4H3,(H2,33,34,35,36)/t23-,24-. The molecule has 4 rings (SSSR count). The van der Waals surface area contributed by atoms with Gasteiger partial charge in [0.05, 0.1) is 17.1 Å². The molecule has 0 radical (unpaired) electrons. The number of hydrogen-bond acceptors (Lipinski definition) is 9. The van der Waals surface area contributed by atoms with Gasteiger partial charge < -0.3 is 20.3 Å². The molecule has 1 fully saturated rings. The third kappa shape index (κ3) is 8.25. The number of carbonyl (C=O) groups is 1. The van der Waals surface area contributed by atoms with Gasteiger partial charge in [-0.25, -0.2) is 9.78 Å². The number of aromatic nitrogens is 2. The van der Waals surface area contributed by atoms with Crippen molar-refractivity contribution < 1.29 is 14.5 Å². The first-order valence-corrected chi connectivity index (χ1v) is 14.7. The van der Waals surface area contributed by atoms with E-state index in [0.29, 0.717) is 43.0 Å². The van der Waals surface area contributed by atoms with Gasteiger partial charge in [-0.3, -0.25) is 10.1 Å². The summed E-state index contributed by atoms with van der Waals surface area (Å²) >= 11 is 0. The first-order chi connectivity index (χ1) is 20.2. The fraction of sp³-hybridized carbons (Fsp3) is 0.469. The van der Waals surface area contributed by atoms with Crippen LogP contribution in [0.5, 0.6) is 0 Å². The predicted octanol–water partition coefficient (Wildman–Crippen LogP) is 6.32. The van der Waals surface area contributed by atoms with Crippen LogP contribution >= 0.6 is 0 Å². The molecule has 0 amide bonds. The van der Waals surface area contributed by atoms with Crippen LogP contribution in [0.1, 0.15) is 60.5 Å². The van der Waals surface area contributed by atoms with Gasteiger partial charge in [-0.15, -0.1) is 0 Å². The minimum atomic E-state index is -0.445. The van der Waals surface area contributed by atoms with Crippen molar-refractivity contribution in [2.75, 3.05) is 44.4 Å². The van der Waals surface area contributed by atoms with Gasteiger partial charge in [-0.1, -0.05) is 37.3 Å². The minimum Gasteiger partial charge on any atom is -0.462 e. The molecule has 0 spiro atoms. The lowest BCUT2D eigenvalue weighted by atomic mass is 9.82. The average Bonchev–Trinajstić information content (AvgIpc) is 2.98. The van der Waals surface area contributed by atoms with E-state index in [1.165, 1.54) is 19.0 Å². The second kappa shape index (κ2) is 14.7. The van der Waals surface area contributed by atoms with E-state index in [1.807, 2.05) is 50.2 Å². The van der Waals surface area contributed by atoms with Crippen LogP contribution < -0.4 is 10.6 Å². The molecule has 224 valence electrons. The SMILES string of the molecule is CCCOC(=O)c1cccc(-c2cccc(CNc3ncc([N+](=O)[O-])c(NC[C@H]4CC[C@H](CN(C)C)CC4)n3)c2C)c1. The van der Waals surface area contributed by atoms with E-state index in [1.54, 1.807) is 6.07 Å². The van der Waals surface area contributed by atoms with E-state index in [9.17, 15) is 14.9 Å². The lowest BCUT2D eigenvalue weighted by Crippen LogP contribution is -2.28. The summed E-state index contributed by atoms with van der Waals surface area (Å²) in [4.78, 5) is 34.5. The molecule has 2 aromatic carbocycles.